The maximum absolute atomic E-state index is 12.7. The van der Waals surface area contributed by atoms with E-state index in [1.165, 1.54) is 12.1 Å². The second kappa shape index (κ2) is 8.03. The second-order valence-electron chi connectivity index (χ2n) is 6.63. The van der Waals surface area contributed by atoms with E-state index in [0.29, 0.717) is 60.6 Å². The predicted octanol–water partition coefficient (Wildman–Crippen LogP) is 1.46. The molecule has 4 rings (SSSR count). The van der Waals surface area contributed by atoms with Gasteiger partial charge in [-0.1, -0.05) is 0 Å². The van der Waals surface area contributed by atoms with Crippen LogP contribution in [-0.4, -0.2) is 61.2 Å². The van der Waals surface area contributed by atoms with Gasteiger partial charge in [0.2, 0.25) is 0 Å². The number of carbonyl (C=O) groups is 1. The predicted molar refractivity (Wildman–Crippen MR) is 108 cm³/mol. The van der Waals surface area contributed by atoms with E-state index in [1.807, 2.05) is 0 Å². The van der Waals surface area contributed by atoms with Crippen molar-refractivity contribution < 1.29 is 26.9 Å². The third-order valence-electron chi connectivity index (χ3n) is 4.67. The van der Waals surface area contributed by atoms with Crippen LogP contribution in [0.5, 0.6) is 11.5 Å². The van der Waals surface area contributed by atoms with Gasteiger partial charge in [0.15, 0.2) is 11.5 Å². The van der Waals surface area contributed by atoms with Crippen molar-refractivity contribution in [3.63, 3.8) is 0 Å². The summed E-state index contributed by atoms with van der Waals surface area (Å²) < 4.78 is 50.1. The zero-order valence-electron chi connectivity index (χ0n) is 15.5. The normalized spacial score (nSPS) is 17.0. The molecule has 2 aliphatic heterocycles. The number of hydrogen-bond acceptors (Lipinski definition) is 6. The molecule has 0 spiro atoms. The molecule has 1 fully saturated rings. The molecular formula is C19H20N2O6S2. The standard InChI is InChI=1S/C19H20N2O6S2/c22-19(21-7-11-28(23)12-8-21)14-1-3-15(4-2-14)20-29(24,25)16-5-6-17-18(13-16)27-10-9-26-17/h1-6,13,20H,7-12H2. The molecule has 0 aliphatic carbocycles. The molecule has 2 aromatic carbocycles. The molecule has 0 atom stereocenters. The molecule has 0 unspecified atom stereocenters. The van der Waals surface area contributed by atoms with E-state index in [2.05, 4.69) is 4.72 Å². The second-order valence-corrected chi connectivity index (χ2v) is 10.0. The average molecular weight is 437 g/mol. The van der Waals surface area contributed by atoms with E-state index < -0.39 is 20.8 Å². The Morgan fingerprint density at radius 3 is 2.31 bits per heavy atom. The minimum absolute atomic E-state index is 0.0585. The summed E-state index contributed by atoms with van der Waals surface area (Å²) in [5, 5.41) is 0. The Labute approximate surface area is 171 Å². The van der Waals surface area contributed by atoms with E-state index in [9.17, 15) is 17.4 Å². The van der Waals surface area contributed by atoms with E-state index >= 15 is 0 Å². The van der Waals surface area contributed by atoms with Crippen molar-refractivity contribution >= 4 is 32.4 Å². The van der Waals surface area contributed by atoms with Gasteiger partial charge in [-0.15, -0.1) is 0 Å². The van der Waals surface area contributed by atoms with Gasteiger partial charge in [-0.25, -0.2) is 8.42 Å². The fourth-order valence-corrected chi connectivity index (χ4v) is 5.24. The minimum Gasteiger partial charge on any atom is -0.486 e. The van der Waals surface area contributed by atoms with Crippen LogP contribution in [0, 0.1) is 0 Å². The molecule has 29 heavy (non-hydrogen) atoms. The summed E-state index contributed by atoms with van der Waals surface area (Å²) in [6.45, 7) is 1.72. The summed E-state index contributed by atoms with van der Waals surface area (Å²) >= 11 is 0. The number of fused-ring (bicyclic) bond motifs is 1. The van der Waals surface area contributed by atoms with Crippen LogP contribution >= 0.6 is 0 Å². The lowest BCUT2D eigenvalue weighted by molar-refractivity contribution is 0.0771. The van der Waals surface area contributed by atoms with Crippen LogP contribution in [0.1, 0.15) is 10.4 Å². The molecule has 0 bridgehead atoms. The van der Waals surface area contributed by atoms with Crippen molar-refractivity contribution in [2.75, 3.05) is 42.5 Å². The van der Waals surface area contributed by atoms with Crippen LogP contribution in [0.15, 0.2) is 47.4 Å². The lowest BCUT2D eigenvalue weighted by Gasteiger charge is -2.26. The van der Waals surface area contributed by atoms with Gasteiger partial charge in [0.05, 0.1) is 4.90 Å². The molecule has 10 heteroatoms. The topological polar surface area (TPSA) is 102 Å². The first-order chi connectivity index (χ1) is 13.9. The average Bonchev–Trinajstić information content (AvgIpc) is 2.74. The van der Waals surface area contributed by atoms with Crippen LogP contribution in [-0.2, 0) is 20.8 Å². The highest BCUT2D eigenvalue weighted by molar-refractivity contribution is 7.92. The summed E-state index contributed by atoms with van der Waals surface area (Å²) in [7, 11) is -4.68. The summed E-state index contributed by atoms with van der Waals surface area (Å²) in [6.07, 6.45) is 0. The van der Waals surface area contributed by atoms with Crippen molar-refractivity contribution in [2.45, 2.75) is 4.90 Å². The van der Waals surface area contributed by atoms with Crippen LogP contribution in [0.2, 0.25) is 0 Å². The quantitative estimate of drug-likeness (QED) is 0.779. The molecule has 0 saturated carbocycles. The molecule has 2 aromatic rings. The van der Waals surface area contributed by atoms with Crippen molar-refractivity contribution in [3.05, 3.63) is 48.0 Å². The lowest BCUT2D eigenvalue weighted by atomic mass is 10.2. The smallest absolute Gasteiger partial charge is 0.262 e. The number of anilines is 1. The van der Waals surface area contributed by atoms with Gasteiger partial charge in [0, 0.05) is 52.7 Å². The van der Waals surface area contributed by atoms with Gasteiger partial charge in [-0.05, 0) is 36.4 Å². The van der Waals surface area contributed by atoms with E-state index in [1.54, 1.807) is 35.2 Å². The SMILES string of the molecule is O=C(c1ccc(NS(=O)(=O)c2ccc3c(c2)OCCO3)cc1)N1CCS(=O)CC1. The lowest BCUT2D eigenvalue weighted by Crippen LogP contribution is -2.41. The zero-order chi connectivity index (χ0) is 20.4. The third-order valence-corrected chi connectivity index (χ3v) is 7.33. The maximum Gasteiger partial charge on any atom is 0.262 e. The van der Waals surface area contributed by atoms with Gasteiger partial charge in [0.1, 0.15) is 13.2 Å². The Balaban J connectivity index is 1.46. The number of benzene rings is 2. The largest absolute Gasteiger partial charge is 0.486 e. The first-order valence-corrected chi connectivity index (χ1v) is 12.1. The van der Waals surface area contributed by atoms with Crippen molar-refractivity contribution in [1.29, 1.82) is 0 Å². The molecule has 154 valence electrons. The highest BCUT2D eigenvalue weighted by Crippen LogP contribution is 2.32. The Morgan fingerprint density at radius 2 is 1.62 bits per heavy atom. The highest BCUT2D eigenvalue weighted by Gasteiger charge is 2.22. The van der Waals surface area contributed by atoms with Gasteiger partial charge in [-0.2, -0.15) is 0 Å². The Hall–Kier alpha value is -2.59. The number of amides is 1. The summed E-state index contributed by atoms with van der Waals surface area (Å²) in [5.74, 6) is 1.73. The number of nitrogens with zero attached hydrogens (tertiary/aromatic N) is 1. The van der Waals surface area contributed by atoms with Crippen LogP contribution in [0.4, 0.5) is 5.69 Å². The fraction of sp³-hybridized carbons (Fsp3) is 0.316. The van der Waals surface area contributed by atoms with Crippen LogP contribution in [0.3, 0.4) is 0 Å². The molecule has 8 nitrogen and oxygen atoms in total. The van der Waals surface area contributed by atoms with Crippen LogP contribution < -0.4 is 14.2 Å². The maximum atomic E-state index is 12.7. The first-order valence-electron chi connectivity index (χ1n) is 9.09. The molecule has 0 aromatic heterocycles. The molecule has 1 amide bonds. The molecular weight excluding hydrogens is 416 g/mol. The molecule has 0 radical (unpaired) electrons. The number of rotatable bonds is 4. The monoisotopic (exact) mass is 436 g/mol. The molecule has 2 aliphatic rings. The number of sulfonamides is 1. The first kappa shape index (κ1) is 19.7. The number of carbonyl (C=O) groups excluding carboxylic acids is 1. The van der Waals surface area contributed by atoms with Crippen molar-refractivity contribution in [1.82, 2.24) is 4.90 Å². The highest BCUT2D eigenvalue weighted by atomic mass is 32.2. The van der Waals surface area contributed by atoms with Crippen molar-refractivity contribution in [3.8, 4) is 11.5 Å². The van der Waals surface area contributed by atoms with Gasteiger partial charge in [0.25, 0.3) is 15.9 Å². The van der Waals surface area contributed by atoms with E-state index in [-0.39, 0.29) is 10.8 Å². The molecule has 1 saturated heterocycles. The van der Waals surface area contributed by atoms with Gasteiger partial charge in [-0.3, -0.25) is 13.7 Å². The van der Waals surface area contributed by atoms with Crippen LogP contribution in [0.25, 0.3) is 0 Å². The molecule has 2 heterocycles. The number of nitrogens with one attached hydrogen (secondary N) is 1. The summed E-state index contributed by atoms with van der Waals surface area (Å²) in [5.41, 5.74) is 0.802. The Bertz CT molecular complexity index is 1040. The summed E-state index contributed by atoms with van der Waals surface area (Å²) in [4.78, 5) is 14.2. The number of ether oxygens (including phenoxy) is 2. The Kier molecular flexibility index (Phi) is 5.46. The van der Waals surface area contributed by atoms with Gasteiger partial charge < -0.3 is 14.4 Å². The zero-order valence-corrected chi connectivity index (χ0v) is 17.1. The minimum atomic E-state index is -3.82. The third kappa shape index (κ3) is 4.38. The number of hydrogen-bond donors (Lipinski definition) is 1. The van der Waals surface area contributed by atoms with Crippen molar-refractivity contribution in [2.24, 2.45) is 0 Å². The Morgan fingerprint density at radius 1 is 0.966 bits per heavy atom. The van der Waals surface area contributed by atoms with Gasteiger partial charge >= 0.3 is 0 Å². The summed E-state index contributed by atoms with van der Waals surface area (Å²) in [6, 6.07) is 10.7. The van der Waals surface area contributed by atoms with E-state index in [0.717, 1.165) is 0 Å². The molecule has 1 N–H and O–H groups in total. The van der Waals surface area contributed by atoms with E-state index in [4.69, 9.17) is 9.47 Å². The fourth-order valence-electron chi connectivity index (χ4n) is 3.11.